The van der Waals surface area contributed by atoms with Crippen molar-refractivity contribution in [3.8, 4) is 0 Å². The predicted octanol–water partition coefficient (Wildman–Crippen LogP) is 1.03. The van der Waals surface area contributed by atoms with E-state index in [4.69, 9.17) is 0 Å². The first kappa shape index (κ1) is 17.8. The van der Waals surface area contributed by atoms with Crippen LogP contribution in [0.1, 0.15) is 22.9 Å². The molecule has 0 aliphatic carbocycles. The van der Waals surface area contributed by atoms with Gasteiger partial charge in [0.15, 0.2) is 0 Å². The van der Waals surface area contributed by atoms with Gasteiger partial charge in [0, 0.05) is 32.7 Å². The maximum atomic E-state index is 13.6. The summed E-state index contributed by atoms with van der Waals surface area (Å²) < 4.78 is 13.6. The molecule has 0 spiro atoms. The largest absolute Gasteiger partial charge is 0.362 e. The van der Waals surface area contributed by atoms with Gasteiger partial charge in [-0.15, -0.1) is 0 Å². The number of hydrazine groups is 1. The molecule has 1 saturated heterocycles. The fourth-order valence-corrected chi connectivity index (χ4v) is 3.89. The Balaban J connectivity index is 1.54. The van der Waals surface area contributed by atoms with E-state index in [1.165, 1.54) is 12.1 Å². The lowest BCUT2D eigenvalue weighted by molar-refractivity contribution is -0.136. The van der Waals surface area contributed by atoms with E-state index in [1.807, 2.05) is 30.0 Å². The topological polar surface area (TPSA) is 73.4 Å². The number of nitrogens with one attached hydrogen (secondary N) is 2. The van der Waals surface area contributed by atoms with Crippen LogP contribution < -0.4 is 15.8 Å². The second kappa shape index (κ2) is 7.21. The molecular formula is C19H23FN6O. The van der Waals surface area contributed by atoms with Crippen molar-refractivity contribution in [2.45, 2.75) is 19.0 Å². The normalized spacial score (nSPS) is 21.8. The SMILES string of the molecule is CN(C)c1ncnc2c1CCN(C(=O)C1CNNC1c1cccc(F)c1)C2. The van der Waals surface area contributed by atoms with Crippen LogP contribution in [0.15, 0.2) is 30.6 Å². The Morgan fingerprint density at radius 1 is 1.33 bits per heavy atom. The molecule has 1 amide bonds. The Bertz CT molecular complexity index is 858. The van der Waals surface area contributed by atoms with E-state index < -0.39 is 0 Å². The highest BCUT2D eigenvalue weighted by molar-refractivity contribution is 5.81. The second-order valence-corrected chi connectivity index (χ2v) is 7.19. The number of hydrogen-bond acceptors (Lipinski definition) is 6. The van der Waals surface area contributed by atoms with Gasteiger partial charge in [-0.25, -0.2) is 19.8 Å². The molecule has 4 rings (SSSR count). The van der Waals surface area contributed by atoms with E-state index in [-0.39, 0.29) is 23.7 Å². The van der Waals surface area contributed by atoms with Crippen molar-refractivity contribution in [2.75, 3.05) is 32.1 Å². The summed E-state index contributed by atoms with van der Waals surface area (Å²) in [4.78, 5) is 25.8. The maximum Gasteiger partial charge on any atom is 0.229 e. The van der Waals surface area contributed by atoms with Crippen molar-refractivity contribution in [2.24, 2.45) is 5.92 Å². The summed E-state index contributed by atoms with van der Waals surface area (Å²) in [6.45, 7) is 1.62. The number of carbonyl (C=O) groups is 1. The van der Waals surface area contributed by atoms with Gasteiger partial charge in [0.25, 0.3) is 0 Å². The molecule has 3 heterocycles. The van der Waals surface area contributed by atoms with Crippen molar-refractivity contribution in [3.63, 3.8) is 0 Å². The van der Waals surface area contributed by atoms with E-state index in [0.717, 1.165) is 29.1 Å². The smallest absolute Gasteiger partial charge is 0.229 e. The standard InChI is InChI=1S/C19H23FN6O/c1-25(2)18-14-6-7-26(10-16(14)21-11-22-18)19(27)15-9-23-24-17(15)12-4-3-5-13(20)8-12/h3-5,8,11,15,17,23-24H,6-7,9-10H2,1-2H3. The van der Waals surface area contributed by atoms with Gasteiger partial charge in [-0.05, 0) is 24.1 Å². The zero-order chi connectivity index (χ0) is 19.0. The molecule has 1 aromatic carbocycles. The first-order valence-corrected chi connectivity index (χ1v) is 9.07. The molecule has 0 bridgehead atoms. The molecule has 142 valence electrons. The Kier molecular flexibility index (Phi) is 4.75. The zero-order valence-corrected chi connectivity index (χ0v) is 15.4. The minimum atomic E-state index is -0.299. The average Bonchev–Trinajstić information content (AvgIpc) is 3.16. The summed E-state index contributed by atoms with van der Waals surface area (Å²) in [6.07, 6.45) is 2.28. The van der Waals surface area contributed by atoms with Crippen LogP contribution in [0, 0.1) is 11.7 Å². The van der Waals surface area contributed by atoms with Gasteiger partial charge in [-0.2, -0.15) is 0 Å². The van der Waals surface area contributed by atoms with Crippen molar-refractivity contribution in [3.05, 3.63) is 53.2 Å². The van der Waals surface area contributed by atoms with Crippen LogP contribution >= 0.6 is 0 Å². The van der Waals surface area contributed by atoms with Gasteiger partial charge in [0.2, 0.25) is 5.91 Å². The number of hydrogen-bond donors (Lipinski definition) is 2. The van der Waals surface area contributed by atoms with Gasteiger partial charge < -0.3 is 9.80 Å². The molecule has 0 saturated carbocycles. The molecule has 8 heteroatoms. The minimum absolute atomic E-state index is 0.0532. The lowest BCUT2D eigenvalue weighted by Crippen LogP contribution is -2.42. The first-order chi connectivity index (χ1) is 13.0. The number of amides is 1. The fraction of sp³-hybridized carbons (Fsp3) is 0.421. The third-order valence-electron chi connectivity index (χ3n) is 5.23. The first-order valence-electron chi connectivity index (χ1n) is 9.07. The van der Waals surface area contributed by atoms with Crippen LogP contribution in [0.5, 0.6) is 0 Å². The lowest BCUT2D eigenvalue weighted by atomic mass is 9.92. The number of carbonyl (C=O) groups excluding carboxylic acids is 1. The lowest BCUT2D eigenvalue weighted by Gasteiger charge is -2.32. The van der Waals surface area contributed by atoms with Crippen molar-refractivity contribution in [1.82, 2.24) is 25.7 Å². The summed E-state index contributed by atoms with van der Waals surface area (Å²) in [6, 6.07) is 6.15. The Morgan fingerprint density at radius 3 is 2.96 bits per heavy atom. The van der Waals surface area contributed by atoms with Gasteiger partial charge >= 0.3 is 0 Å². The number of halogens is 1. The Hall–Kier alpha value is -2.58. The Labute approximate surface area is 157 Å². The van der Waals surface area contributed by atoms with E-state index in [0.29, 0.717) is 19.6 Å². The summed E-state index contributed by atoms with van der Waals surface area (Å²) >= 11 is 0. The van der Waals surface area contributed by atoms with Crippen LogP contribution in [0.3, 0.4) is 0 Å². The van der Waals surface area contributed by atoms with Crippen LogP contribution in [0.4, 0.5) is 10.2 Å². The average molecular weight is 370 g/mol. The second-order valence-electron chi connectivity index (χ2n) is 7.19. The van der Waals surface area contributed by atoms with E-state index in [1.54, 1.807) is 12.4 Å². The van der Waals surface area contributed by atoms with E-state index in [9.17, 15) is 9.18 Å². The predicted molar refractivity (Wildman–Crippen MR) is 99.2 cm³/mol. The summed E-state index contributed by atoms with van der Waals surface area (Å²) in [5, 5.41) is 0. The van der Waals surface area contributed by atoms with Gasteiger partial charge in [-0.3, -0.25) is 10.2 Å². The molecule has 0 radical (unpaired) electrons. The number of rotatable bonds is 3. The highest BCUT2D eigenvalue weighted by atomic mass is 19.1. The maximum absolute atomic E-state index is 13.6. The van der Waals surface area contributed by atoms with Crippen LogP contribution in [0.25, 0.3) is 0 Å². The summed E-state index contributed by atoms with van der Waals surface area (Å²) in [7, 11) is 3.92. The molecular weight excluding hydrogens is 347 g/mol. The molecule has 2 aromatic rings. The van der Waals surface area contributed by atoms with Gasteiger partial charge in [-0.1, -0.05) is 12.1 Å². The van der Waals surface area contributed by atoms with Crippen molar-refractivity contribution < 1.29 is 9.18 Å². The molecule has 2 N–H and O–H groups in total. The van der Waals surface area contributed by atoms with Gasteiger partial charge in [0.1, 0.15) is 18.0 Å². The van der Waals surface area contributed by atoms with Gasteiger partial charge in [0.05, 0.1) is 24.2 Å². The number of aromatic nitrogens is 2. The number of fused-ring (bicyclic) bond motifs is 1. The number of nitrogens with zero attached hydrogens (tertiary/aromatic N) is 4. The van der Waals surface area contributed by atoms with Crippen molar-refractivity contribution in [1.29, 1.82) is 0 Å². The van der Waals surface area contributed by atoms with Crippen LogP contribution in [0.2, 0.25) is 0 Å². The zero-order valence-electron chi connectivity index (χ0n) is 15.4. The quantitative estimate of drug-likeness (QED) is 0.841. The minimum Gasteiger partial charge on any atom is -0.362 e. The summed E-state index contributed by atoms with van der Waals surface area (Å²) in [5.41, 5.74) is 8.94. The number of anilines is 1. The fourth-order valence-electron chi connectivity index (χ4n) is 3.89. The van der Waals surface area contributed by atoms with Crippen molar-refractivity contribution >= 4 is 11.7 Å². The molecule has 2 unspecified atom stereocenters. The number of benzene rings is 1. The molecule has 7 nitrogen and oxygen atoms in total. The van der Waals surface area contributed by atoms with Crippen LogP contribution in [-0.2, 0) is 17.8 Å². The third kappa shape index (κ3) is 3.38. The molecule has 27 heavy (non-hydrogen) atoms. The molecule has 2 atom stereocenters. The summed E-state index contributed by atoms with van der Waals surface area (Å²) in [5.74, 6) is 0.377. The Morgan fingerprint density at radius 2 is 2.19 bits per heavy atom. The molecule has 2 aliphatic heterocycles. The highest BCUT2D eigenvalue weighted by Crippen LogP contribution is 2.30. The highest BCUT2D eigenvalue weighted by Gasteiger charge is 2.38. The molecule has 1 aromatic heterocycles. The van der Waals surface area contributed by atoms with Crippen LogP contribution in [-0.4, -0.2) is 48.0 Å². The molecule has 1 fully saturated rings. The van der Waals surface area contributed by atoms with E-state index >= 15 is 0 Å². The monoisotopic (exact) mass is 370 g/mol. The third-order valence-corrected chi connectivity index (χ3v) is 5.23. The molecule has 2 aliphatic rings. The van der Waals surface area contributed by atoms with E-state index in [2.05, 4.69) is 20.8 Å².